The van der Waals surface area contributed by atoms with Crippen LogP contribution in [0.3, 0.4) is 0 Å². The zero-order valence-electron chi connectivity index (χ0n) is 10.6. The van der Waals surface area contributed by atoms with Gasteiger partial charge in [0.15, 0.2) is 0 Å². The van der Waals surface area contributed by atoms with Crippen molar-refractivity contribution in [3.63, 3.8) is 0 Å². The molecule has 1 N–H and O–H groups in total. The molecule has 0 spiro atoms. The van der Waals surface area contributed by atoms with Gasteiger partial charge < -0.3 is 9.51 Å². The fourth-order valence-electron chi connectivity index (χ4n) is 2.06. The van der Waals surface area contributed by atoms with Crippen molar-refractivity contribution in [3.8, 4) is 23.2 Å². The third-order valence-electron chi connectivity index (χ3n) is 3.00. The quantitative estimate of drug-likeness (QED) is 0.611. The van der Waals surface area contributed by atoms with Crippen molar-refractivity contribution >= 4 is 10.9 Å². The topological polar surface area (TPSA) is 80.5 Å². The Morgan fingerprint density at radius 1 is 1.05 bits per heavy atom. The van der Waals surface area contributed by atoms with Crippen molar-refractivity contribution in [1.82, 2.24) is 25.1 Å². The lowest BCUT2D eigenvalue weighted by molar-refractivity contribution is 0.431. The number of rotatable bonds is 2. The number of nitrogens with zero attached hydrogens (tertiary/aromatic N) is 4. The van der Waals surface area contributed by atoms with Gasteiger partial charge in [-0.1, -0.05) is 5.16 Å². The zero-order valence-corrected chi connectivity index (χ0v) is 10.6. The molecule has 0 aliphatic rings. The molecule has 0 saturated carbocycles. The molecular weight excluding hydrogens is 273 g/mol. The average molecular weight is 281 g/mol. The summed E-state index contributed by atoms with van der Waals surface area (Å²) in [6, 6.07) is 7.94. The van der Waals surface area contributed by atoms with Gasteiger partial charge in [-0.25, -0.2) is 14.4 Å². The Hall–Kier alpha value is -3.09. The molecule has 6 nitrogen and oxygen atoms in total. The molecule has 3 aromatic heterocycles. The van der Waals surface area contributed by atoms with Crippen LogP contribution in [0.25, 0.3) is 34.1 Å². The lowest BCUT2D eigenvalue weighted by atomic mass is 10.2. The molecule has 3 heterocycles. The first kappa shape index (κ1) is 11.7. The van der Waals surface area contributed by atoms with Crippen LogP contribution in [0.1, 0.15) is 0 Å². The molecule has 0 unspecified atom stereocenters. The van der Waals surface area contributed by atoms with Gasteiger partial charge in [0.1, 0.15) is 11.5 Å². The Labute approximate surface area is 117 Å². The summed E-state index contributed by atoms with van der Waals surface area (Å²) in [5, 5.41) is 4.58. The van der Waals surface area contributed by atoms with E-state index >= 15 is 0 Å². The summed E-state index contributed by atoms with van der Waals surface area (Å²) >= 11 is 0. The van der Waals surface area contributed by atoms with Crippen LogP contribution in [0.4, 0.5) is 4.39 Å². The average Bonchev–Trinajstić information content (AvgIpc) is 3.14. The smallest absolute Gasteiger partial charge is 0.274 e. The largest absolute Gasteiger partial charge is 0.351 e. The summed E-state index contributed by atoms with van der Waals surface area (Å²) in [5.41, 5.74) is 1.41. The molecule has 0 fully saturated rings. The Bertz CT molecular complexity index is 915. The van der Waals surface area contributed by atoms with Gasteiger partial charge in [-0.05, 0) is 30.3 Å². The maximum atomic E-state index is 13.2. The summed E-state index contributed by atoms with van der Waals surface area (Å²) in [7, 11) is 0. The fourth-order valence-corrected chi connectivity index (χ4v) is 2.06. The number of hydrogen-bond donors (Lipinski definition) is 1. The number of aromatic nitrogens is 5. The van der Waals surface area contributed by atoms with Gasteiger partial charge in [0.2, 0.25) is 11.6 Å². The van der Waals surface area contributed by atoms with Gasteiger partial charge >= 0.3 is 0 Å². The number of fused-ring (bicyclic) bond motifs is 1. The SMILES string of the molecule is Fc1ccc2[nH]c(-c3nc(-c4ncccn4)no3)cc2c1. The normalized spacial score (nSPS) is 11.1. The van der Waals surface area contributed by atoms with Crippen molar-refractivity contribution in [2.45, 2.75) is 0 Å². The lowest BCUT2D eigenvalue weighted by Gasteiger charge is -1.88. The molecule has 0 aliphatic carbocycles. The van der Waals surface area contributed by atoms with Crippen molar-refractivity contribution < 1.29 is 8.91 Å². The van der Waals surface area contributed by atoms with Crippen molar-refractivity contribution in [2.24, 2.45) is 0 Å². The summed E-state index contributed by atoms with van der Waals surface area (Å²) in [4.78, 5) is 15.4. The second-order valence-electron chi connectivity index (χ2n) is 4.41. The second-order valence-corrected chi connectivity index (χ2v) is 4.41. The first-order valence-corrected chi connectivity index (χ1v) is 6.19. The Morgan fingerprint density at radius 2 is 1.90 bits per heavy atom. The predicted octanol–water partition coefficient (Wildman–Crippen LogP) is 2.81. The van der Waals surface area contributed by atoms with Gasteiger partial charge in [-0.3, -0.25) is 0 Å². The first-order valence-electron chi connectivity index (χ1n) is 6.19. The third-order valence-corrected chi connectivity index (χ3v) is 3.00. The third kappa shape index (κ3) is 2.04. The van der Waals surface area contributed by atoms with Crippen LogP contribution in [0.5, 0.6) is 0 Å². The minimum atomic E-state index is -0.294. The highest BCUT2D eigenvalue weighted by Crippen LogP contribution is 2.24. The Kier molecular flexibility index (Phi) is 2.50. The first-order chi connectivity index (χ1) is 10.3. The molecule has 21 heavy (non-hydrogen) atoms. The number of benzene rings is 1. The highest BCUT2D eigenvalue weighted by atomic mass is 19.1. The zero-order chi connectivity index (χ0) is 14.2. The Morgan fingerprint density at radius 3 is 2.76 bits per heavy atom. The van der Waals surface area contributed by atoms with E-state index in [0.717, 1.165) is 10.9 Å². The molecule has 0 radical (unpaired) electrons. The molecule has 0 aliphatic heterocycles. The fraction of sp³-hybridized carbons (Fsp3) is 0. The number of halogens is 1. The van der Waals surface area contributed by atoms with E-state index in [0.29, 0.717) is 23.2 Å². The van der Waals surface area contributed by atoms with E-state index in [9.17, 15) is 4.39 Å². The summed E-state index contributed by atoms with van der Waals surface area (Å²) in [5.74, 6) is 0.691. The molecule has 0 bridgehead atoms. The van der Waals surface area contributed by atoms with E-state index in [1.807, 2.05) is 0 Å². The summed E-state index contributed by atoms with van der Waals surface area (Å²) in [6.45, 7) is 0. The van der Waals surface area contributed by atoms with E-state index in [-0.39, 0.29) is 5.82 Å². The standard InChI is InChI=1S/C14H8FN5O/c15-9-2-3-10-8(6-9)7-11(18-10)14-19-13(20-21-14)12-16-4-1-5-17-12/h1-7,18H. The number of aromatic amines is 1. The van der Waals surface area contributed by atoms with Gasteiger partial charge in [0.05, 0.1) is 0 Å². The van der Waals surface area contributed by atoms with Crippen LogP contribution < -0.4 is 0 Å². The van der Waals surface area contributed by atoms with Crippen LogP contribution >= 0.6 is 0 Å². The van der Waals surface area contributed by atoms with E-state index in [1.165, 1.54) is 12.1 Å². The van der Waals surface area contributed by atoms with Crippen LogP contribution in [-0.2, 0) is 0 Å². The number of hydrogen-bond acceptors (Lipinski definition) is 5. The van der Waals surface area contributed by atoms with E-state index in [2.05, 4.69) is 25.1 Å². The molecule has 0 saturated heterocycles. The van der Waals surface area contributed by atoms with Gasteiger partial charge in [-0.2, -0.15) is 4.98 Å². The molecule has 0 amide bonds. The molecule has 7 heteroatoms. The van der Waals surface area contributed by atoms with Crippen molar-refractivity contribution in [1.29, 1.82) is 0 Å². The van der Waals surface area contributed by atoms with Crippen LogP contribution in [0.15, 0.2) is 47.2 Å². The van der Waals surface area contributed by atoms with Gasteiger partial charge in [-0.15, -0.1) is 0 Å². The van der Waals surface area contributed by atoms with E-state index in [4.69, 9.17) is 4.52 Å². The van der Waals surface area contributed by atoms with E-state index in [1.54, 1.807) is 30.6 Å². The highest BCUT2D eigenvalue weighted by molar-refractivity contribution is 5.84. The Balaban J connectivity index is 1.77. The maximum Gasteiger partial charge on any atom is 0.274 e. The maximum absolute atomic E-state index is 13.2. The van der Waals surface area contributed by atoms with Crippen LogP contribution in [-0.4, -0.2) is 25.1 Å². The summed E-state index contributed by atoms with van der Waals surface area (Å²) in [6.07, 6.45) is 3.20. The predicted molar refractivity (Wildman–Crippen MR) is 72.6 cm³/mol. The molecule has 0 atom stereocenters. The monoisotopic (exact) mass is 281 g/mol. The summed E-state index contributed by atoms with van der Waals surface area (Å²) < 4.78 is 18.4. The number of H-pyrrole nitrogens is 1. The molecule has 4 rings (SSSR count). The van der Waals surface area contributed by atoms with Gasteiger partial charge in [0.25, 0.3) is 5.89 Å². The second kappa shape index (κ2) is 4.48. The lowest BCUT2D eigenvalue weighted by Crippen LogP contribution is -1.88. The molecule has 1 aromatic carbocycles. The molecular formula is C14H8FN5O. The van der Waals surface area contributed by atoms with Crippen molar-refractivity contribution in [2.75, 3.05) is 0 Å². The minimum absolute atomic E-state index is 0.294. The van der Waals surface area contributed by atoms with Crippen molar-refractivity contribution in [3.05, 3.63) is 48.5 Å². The highest BCUT2D eigenvalue weighted by Gasteiger charge is 2.14. The molecule has 102 valence electrons. The minimum Gasteiger partial charge on any atom is -0.351 e. The van der Waals surface area contributed by atoms with Gasteiger partial charge in [0, 0.05) is 23.3 Å². The van der Waals surface area contributed by atoms with Crippen LogP contribution in [0, 0.1) is 5.82 Å². The molecule has 4 aromatic rings. The number of nitrogens with one attached hydrogen (secondary N) is 1. The van der Waals surface area contributed by atoms with E-state index < -0.39 is 0 Å². The van der Waals surface area contributed by atoms with Crippen LogP contribution in [0.2, 0.25) is 0 Å².